The fourth-order valence-corrected chi connectivity index (χ4v) is 7.11. The van der Waals surface area contributed by atoms with Gasteiger partial charge in [0.25, 0.3) is 0 Å². The van der Waals surface area contributed by atoms with Crippen LogP contribution in [0, 0.1) is 0 Å². The van der Waals surface area contributed by atoms with E-state index in [1.807, 2.05) is 24.3 Å². The van der Waals surface area contributed by atoms with E-state index in [4.69, 9.17) is 27.1 Å². The van der Waals surface area contributed by atoms with Gasteiger partial charge in [0.05, 0.1) is 12.2 Å². The number of rotatable bonds is 12. The van der Waals surface area contributed by atoms with Crippen LogP contribution in [0.3, 0.4) is 0 Å². The van der Waals surface area contributed by atoms with Gasteiger partial charge in [0.1, 0.15) is 23.0 Å². The maximum Gasteiger partial charge on any atom is 0.587 e. The van der Waals surface area contributed by atoms with Crippen LogP contribution >= 0.6 is 15.6 Å². The molecule has 1 aliphatic rings. The van der Waals surface area contributed by atoms with Crippen molar-refractivity contribution in [2.75, 3.05) is 0 Å². The van der Waals surface area contributed by atoms with Crippen LogP contribution in [0.25, 0.3) is 0 Å². The summed E-state index contributed by atoms with van der Waals surface area (Å²) < 4.78 is 63.5. The fraction of sp³-hybridized carbons (Fsp3) is 0.200. The maximum atomic E-state index is 14.1. The molecule has 2 atom stereocenters. The summed E-state index contributed by atoms with van der Waals surface area (Å²) in [6, 6.07) is 34.6. The number of benzene rings is 4. The van der Waals surface area contributed by atoms with Crippen molar-refractivity contribution in [2.24, 2.45) is 0 Å². The molecule has 0 N–H and O–H groups in total. The Hall–Kier alpha value is -3.54. The summed E-state index contributed by atoms with van der Waals surface area (Å²) in [5.41, 5.74) is 0. The molecule has 0 bridgehead atoms. The second-order valence-electron chi connectivity index (χ2n) is 9.08. The summed E-state index contributed by atoms with van der Waals surface area (Å²) in [4.78, 5) is 0. The topological polar surface area (TPSA) is 89.5 Å². The van der Waals surface area contributed by atoms with Crippen LogP contribution in [0.2, 0.25) is 0 Å². The minimum absolute atomic E-state index is 0.320. The zero-order chi connectivity index (χ0) is 27.7. The molecule has 1 aliphatic carbocycles. The highest BCUT2D eigenvalue weighted by atomic mass is 31.2. The van der Waals surface area contributed by atoms with Gasteiger partial charge >= 0.3 is 15.6 Å². The molecule has 4 aromatic carbocycles. The number of phosphoric acid groups is 2. The van der Waals surface area contributed by atoms with E-state index in [1.54, 1.807) is 97.1 Å². The van der Waals surface area contributed by atoms with Gasteiger partial charge in [-0.1, -0.05) is 85.6 Å². The van der Waals surface area contributed by atoms with Crippen molar-refractivity contribution in [1.29, 1.82) is 0 Å². The Morgan fingerprint density at radius 2 is 0.675 bits per heavy atom. The van der Waals surface area contributed by atoms with Gasteiger partial charge in [-0.2, -0.15) is 0 Å². The van der Waals surface area contributed by atoms with E-state index in [2.05, 4.69) is 0 Å². The second-order valence-corrected chi connectivity index (χ2v) is 12.0. The van der Waals surface area contributed by atoms with Gasteiger partial charge in [-0.25, -0.2) is 9.13 Å². The van der Waals surface area contributed by atoms with Crippen LogP contribution in [0.1, 0.15) is 25.7 Å². The fourth-order valence-electron chi connectivity index (χ4n) is 4.20. The first-order chi connectivity index (χ1) is 19.5. The molecule has 1 saturated carbocycles. The van der Waals surface area contributed by atoms with Gasteiger partial charge in [-0.3, -0.25) is 9.05 Å². The third-order valence-electron chi connectivity index (χ3n) is 6.01. The van der Waals surface area contributed by atoms with E-state index in [9.17, 15) is 9.13 Å². The predicted octanol–water partition coefficient (Wildman–Crippen LogP) is 8.86. The molecule has 0 heterocycles. The maximum absolute atomic E-state index is 14.1. The first kappa shape index (κ1) is 28.0. The van der Waals surface area contributed by atoms with Crippen molar-refractivity contribution in [3.63, 3.8) is 0 Å². The number of hydrogen-bond acceptors (Lipinski definition) is 8. The summed E-state index contributed by atoms with van der Waals surface area (Å²) >= 11 is 0. The lowest BCUT2D eigenvalue weighted by molar-refractivity contribution is -0.00382. The minimum Gasteiger partial charge on any atom is -0.395 e. The number of hydrogen-bond donors (Lipinski definition) is 0. The quantitative estimate of drug-likeness (QED) is 0.154. The van der Waals surface area contributed by atoms with Crippen molar-refractivity contribution in [1.82, 2.24) is 0 Å². The van der Waals surface area contributed by atoms with E-state index < -0.39 is 27.9 Å². The van der Waals surface area contributed by atoms with Crippen molar-refractivity contribution in [2.45, 2.75) is 37.9 Å². The molecule has 1 fully saturated rings. The Bertz CT molecular complexity index is 1220. The molecule has 5 rings (SSSR count). The average molecular weight is 581 g/mol. The van der Waals surface area contributed by atoms with Crippen molar-refractivity contribution >= 4 is 15.6 Å². The molecular weight excluding hydrogens is 550 g/mol. The molecule has 8 nitrogen and oxygen atoms in total. The summed E-state index contributed by atoms with van der Waals surface area (Å²) in [6.07, 6.45) is 0.955. The van der Waals surface area contributed by atoms with E-state index in [-0.39, 0.29) is 0 Å². The molecule has 0 aliphatic heterocycles. The highest BCUT2D eigenvalue weighted by Crippen LogP contribution is 2.56. The van der Waals surface area contributed by atoms with Crippen LogP contribution in [-0.4, -0.2) is 12.2 Å². The normalized spacial score (nSPS) is 17.5. The van der Waals surface area contributed by atoms with Gasteiger partial charge in [-0.05, 0) is 61.4 Å². The van der Waals surface area contributed by atoms with Crippen molar-refractivity contribution in [3.05, 3.63) is 121 Å². The lowest BCUT2D eigenvalue weighted by Gasteiger charge is -2.34. The molecule has 2 unspecified atom stereocenters. The highest BCUT2D eigenvalue weighted by Gasteiger charge is 2.44. The first-order valence-electron chi connectivity index (χ1n) is 13.0. The minimum atomic E-state index is -4.22. The molecule has 0 aromatic heterocycles. The molecule has 208 valence electrons. The molecule has 40 heavy (non-hydrogen) atoms. The summed E-state index contributed by atoms with van der Waals surface area (Å²) in [7, 11) is -8.44. The molecule has 10 heteroatoms. The Labute approximate surface area is 234 Å². The van der Waals surface area contributed by atoms with Gasteiger partial charge in [0.2, 0.25) is 0 Å². The summed E-state index contributed by atoms with van der Waals surface area (Å²) in [5.74, 6) is 1.28. The molecule has 0 radical (unpaired) electrons. The second kappa shape index (κ2) is 13.2. The molecular formula is C30H30O8P2. The van der Waals surface area contributed by atoms with E-state index in [0.29, 0.717) is 35.8 Å². The SMILES string of the molecule is O=P(Oc1ccccc1)(Oc1ccccc1)OC1CCCCC1OP(=O)(Oc1ccccc1)Oc1ccccc1. The van der Waals surface area contributed by atoms with E-state index in [1.165, 1.54) is 0 Å². The number of para-hydroxylation sites is 4. The molecule has 0 saturated heterocycles. The Morgan fingerprint density at radius 1 is 0.425 bits per heavy atom. The molecule has 0 spiro atoms. The average Bonchev–Trinajstić information content (AvgIpc) is 2.96. The molecule has 4 aromatic rings. The van der Waals surface area contributed by atoms with Crippen LogP contribution in [-0.2, 0) is 18.2 Å². The van der Waals surface area contributed by atoms with Crippen LogP contribution in [0.5, 0.6) is 23.0 Å². The smallest absolute Gasteiger partial charge is 0.395 e. The van der Waals surface area contributed by atoms with Crippen LogP contribution < -0.4 is 18.1 Å². The van der Waals surface area contributed by atoms with Gasteiger partial charge in [0, 0.05) is 0 Å². The Kier molecular flexibility index (Phi) is 9.25. The Balaban J connectivity index is 1.40. The highest BCUT2D eigenvalue weighted by molar-refractivity contribution is 7.49. The van der Waals surface area contributed by atoms with E-state index in [0.717, 1.165) is 12.8 Å². The lowest BCUT2D eigenvalue weighted by Crippen LogP contribution is -2.35. The van der Waals surface area contributed by atoms with Crippen molar-refractivity contribution in [3.8, 4) is 23.0 Å². The first-order valence-corrected chi connectivity index (χ1v) is 16.0. The third kappa shape index (κ3) is 8.00. The summed E-state index contributed by atoms with van der Waals surface area (Å²) in [5, 5.41) is 0. The monoisotopic (exact) mass is 580 g/mol. The van der Waals surface area contributed by atoms with E-state index >= 15 is 0 Å². The van der Waals surface area contributed by atoms with Gasteiger partial charge in [-0.15, -0.1) is 0 Å². The van der Waals surface area contributed by atoms with Crippen LogP contribution in [0.15, 0.2) is 121 Å². The standard InChI is InChI=1S/C30H30O8P2/c31-39(33-25-15-5-1-6-16-25,34-26-17-7-2-8-18-26)37-29-23-13-14-24-30(29)38-40(32,35-27-19-9-3-10-20-27)36-28-21-11-4-12-22-28/h1-12,15-22,29-30H,13-14,23-24H2. The number of phosphoric ester groups is 2. The summed E-state index contributed by atoms with van der Waals surface area (Å²) in [6.45, 7) is 0. The zero-order valence-corrected chi connectivity index (χ0v) is 23.5. The van der Waals surface area contributed by atoms with Crippen molar-refractivity contribution < 1.29 is 36.3 Å². The zero-order valence-electron chi connectivity index (χ0n) is 21.7. The molecule has 0 amide bonds. The van der Waals surface area contributed by atoms with Gasteiger partial charge < -0.3 is 18.1 Å². The van der Waals surface area contributed by atoms with Gasteiger partial charge in [0.15, 0.2) is 0 Å². The van der Waals surface area contributed by atoms with Crippen LogP contribution in [0.4, 0.5) is 0 Å². The third-order valence-corrected chi connectivity index (χ3v) is 8.81. The largest absolute Gasteiger partial charge is 0.587 e. The Morgan fingerprint density at radius 3 is 0.925 bits per heavy atom. The lowest BCUT2D eigenvalue weighted by atomic mass is 9.95. The predicted molar refractivity (Wildman–Crippen MR) is 152 cm³/mol.